The van der Waals surface area contributed by atoms with Crippen LogP contribution < -0.4 is 4.90 Å². The maximum absolute atomic E-state index is 12.2. The molecule has 1 aromatic carbocycles. The van der Waals surface area contributed by atoms with E-state index in [0.29, 0.717) is 0 Å². The number of nitriles is 1. The van der Waals surface area contributed by atoms with E-state index in [0.717, 1.165) is 30.5 Å². The van der Waals surface area contributed by atoms with Gasteiger partial charge in [0.1, 0.15) is 0 Å². The third kappa shape index (κ3) is 1.67. The van der Waals surface area contributed by atoms with Gasteiger partial charge in [-0.15, -0.1) is 0 Å². The largest absolute Gasteiger partial charge is 0.314 e. The minimum Gasteiger partial charge on any atom is -0.314 e. The molecule has 1 saturated carbocycles. The van der Waals surface area contributed by atoms with E-state index in [9.17, 15) is 10.1 Å². The zero-order valence-corrected chi connectivity index (χ0v) is 11.7. The standard InChI is InChI=1S/C16H18N2O/c1-15(2)12-8-11(9-16(10-17)6-7-16)4-5-13(12)18(3)14(15)19/h4-5,8H,6-7,9H2,1-3H3. The monoisotopic (exact) mass is 254 g/mol. The van der Waals surface area contributed by atoms with Crippen molar-refractivity contribution in [2.24, 2.45) is 5.41 Å². The Bertz CT molecular complexity index is 606. The van der Waals surface area contributed by atoms with Crippen molar-refractivity contribution < 1.29 is 4.79 Å². The van der Waals surface area contributed by atoms with Crippen LogP contribution in [-0.4, -0.2) is 13.0 Å². The van der Waals surface area contributed by atoms with Gasteiger partial charge >= 0.3 is 0 Å². The van der Waals surface area contributed by atoms with Gasteiger partial charge in [0.25, 0.3) is 0 Å². The van der Waals surface area contributed by atoms with E-state index < -0.39 is 5.41 Å². The Labute approximate surface area is 113 Å². The molecule has 0 atom stereocenters. The number of rotatable bonds is 2. The Hall–Kier alpha value is -1.82. The highest BCUT2D eigenvalue weighted by atomic mass is 16.2. The van der Waals surface area contributed by atoms with Gasteiger partial charge in [0.05, 0.1) is 16.9 Å². The highest BCUT2D eigenvalue weighted by molar-refractivity contribution is 6.07. The second kappa shape index (κ2) is 3.60. The van der Waals surface area contributed by atoms with Crippen LogP contribution in [0.25, 0.3) is 0 Å². The molecule has 0 spiro atoms. The Morgan fingerprint density at radius 1 is 1.37 bits per heavy atom. The molecule has 1 aromatic rings. The lowest BCUT2D eigenvalue weighted by molar-refractivity contribution is -0.121. The summed E-state index contributed by atoms with van der Waals surface area (Å²) in [6.07, 6.45) is 2.82. The van der Waals surface area contributed by atoms with Gasteiger partial charge in [0.2, 0.25) is 5.91 Å². The molecule has 0 radical (unpaired) electrons. The summed E-state index contributed by atoms with van der Waals surface area (Å²) in [7, 11) is 1.83. The van der Waals surface area contributed by atoms with Crippen molar-refractivity contribution in [1.29, 1.82) is 5.26 Å². The lowest BCUT2D eigenvalue weighted by atomic mass is 9.84. The molecular formula is C16H18N2O. The predicted molar refractivity (Wildman–Crippen MR) is 73.9 cm³/mol. The van der Waals surface area contributed by atoms with Gasteiger partial charge in [0, 0.05) is 12.7 Å². The first-order chi connectivity index (χ1) is 8.89. The molecule has 1 aliphatic carbocycles. The van der Waals surface area contributed by atoms with Crippen molar-refractivity contribution >= 4 is 11.6 Å². The summed E-state index contributed by atoms with van der Waals surface area (Å²) in [5, 5.41) is 9.19. The summed E-state index contributed by atoms with van der Waals surface area (Å²) in [6, 6.07) is 8.62. The van der Waals surface area contributed by atoms with Crippen LogP contribution in [0.3, 0.4) is 0 Å². The summed E-state index contributed by atoms with van der Waals surface area (Å²) >= 11 is 0. The minimum absolute atomic E-state index is 0.132. The Kier molecular flexibility index (Phi) is 2.32. The molecule has 1 amide bonds. The lowest BCUT2D eigenvalue weighted by Gasteiger charge is -2.17. The quantitative estimate of drug-likeness (QED) is 0.814. The smallest absolute Gasteiger partial charge is 0.236 e. The van der Waals surface area contributed by atoms with Crippen LogP contribution in [0.1, 0.15) is 37.8 Å². The van der Waals surface area contributed by atoms with E-state index in [1.165, 1.54) is 5.56 Å². The summed E-state index contributed by atoms with van der Waals surface area (Å²) in [6.45, 7) is 3.94. The number of carbonyl (C=O) groups excluding carboxylic acids is 1. The Morgan fingerprint density at radius 3 is 2.63 bits per heavy atom. The molecule has 0 saturated heterocycles. The van der Waals surface area contributed by atoms with E-state index in [1.807, 2.05) is 27.0 Å². The summed E-state index contributed by atoms with van der Waals surface area (Å²) < 4.78 is 0. The molecule has 0 aromatic heterocycles. The molecule has 1 aliphatic heterocycles. The van der Waals surface area contributed by atoms with Gasteiger partial charge in [-0.1, -0.05) is 12.1 Å². The molecule has 3 heteroatoms. The molecule has 2 aliphatic rings. The zero-order chi connectivity index (χ0) is 13.8. The van der Waals surface area contributed by atoms with Crippen LogP contribution >= 0.6 is 0 Å². The number of anilines is 1. The van der Waals surface area contributed by atoms with E-state index in [-0.39, 0.29) is 11.3 Å². The van der Waals surface area contributed by atoms with Crippen LogP contribution in [0.4, 0.5) is 5.69 Å². The number of hydrogen-bond donors (Lipinski definition) is 0. The number of benzene rings is 1. The van der Waals surface area contributed by atoms with Crippen molar-refractivity contribution in [3.05, 3.63) is 29.3 Å². The number of likely N-dealkylation sites (N-methyl/N-ethyl adjacent to an activating group) is 1. The normalized spacial score (nSPS) is 22.0. The fraction of sp³-hybridized carbons (Fsp3) is 0.500. The number of amides is 1. The van der Waals surface area contributed by atoms with Crippen molar-refractivity contribution in [2.45, 2.75) is 38.5 Å². The average molecular weight is 254 g/mol. The maximum Gasteiger partial charge on any atom is 0.236 e. The summed E-state index contributed by atoms with van der Waals surface area (Å²) in [5.41, 5.74) is 2.68. The van der Waals surface area contributed by atoms with Gasteiger partial charge in [-0.05, 0) is 50.3 Å². The van der Waals surface area contributed by atoms with Gasteiger partial charge in [-0.25, -0.2) is 0 Å². The van der Waals surface area contributed by atoms with Crippen molar-refractivity contribution in [2.75, 3.05) is 11.9 Å². The molecule has 1 fully saturated rings. The maximum atomic E-state index is 12.2. The summed E-state index contributed by atoms with van der Waals surface area (Å²) in [4.78, 5) is 14.0. The van der Waals surface area contributed by atoms with Gasteiger partial charge in [0.15, 0.2) is 0 Å². The fourth-order valence-electron chi connectivity index (χ4n) is 3.00. The second-order valence-corrected chi connectivity index (χ2v) is 6.41. The first kappa shape index (κ1) is 12.2. The lowest BCUT2D eigenvalue weighted by Crippen LogP contribution is -2.33. The molecule has 1 heterocycles. The third-order valence-corrected chi connectivity index (χ3v) is 4.57. The van der Waals surface area contributed by atoms with Crippen LogP contribution in [0.15, 0.2) is 18.2 Å². The second-order valence-electron chi connectivity index (χ2n) is 6.41. The highest BCUT2D eigenvalue weighted by Crippen LogP contribution is 2.49. The topological polar surface area (TPSA) is 44.1 Å². The highest BCUT2D eigenvalue weighted by Gasteiger charge is 2.45. The van der Waals surface area contributed by atoms with E-state index >= 15 is 0 Å². The van der Waals surface area contributed by atoms with Gasteiger partial charge in [-0.2, -0.15) is 5.26 Å². The Balaban J connectivity index is 2.00. The molecule has 3 nitrogen and oxygen atoms in total. The predicted octanol–water partition coefficient (Wildman–Crippen LogP) is 2.79. The first-order valence-electron chi connectivity index (χ1n) is 6.72. The molecule has 0 bridgehead atoms. The van der Waals surface area contributed by atoms with E-state index in [1.54, 1.807) is 4.90 Å². The molecule has 3 rings (SSSR count). The van der Waals surface area contributed by atoms with Gasteiger partial charge < -0.3 is 4.90 Å². The van der Waals surface area contributed by atoms with Gasteiger partial charge in [-0.3, -0.25) is 4.79 Å². The van der Waals surface area contributed by atoms with Crippen molar-refractivity contribution in [3.63, 3.8) is 0 Å². The molecule has 19 heavy (non-hydrogen) atoms. The van der Waals surface area contributed by atoms with Crippen LogP contribution in [-0.2, 0) is 16.6 Å². The molecule has 0 unspecified atom stereocenters. The fourth-order valence-corrected chi connectivity index (χ4v) is 3.00. The number of hydrogen-bond acceptors (Lipinski definition) is 2. The van der Waals surface area contributed by atoms with Crippen LogP contribution in [0.5, 0.6) is 0 Å². The molecular weight excluding hydrogens is 236 g/mol. The van der Waals surface area contributed by atoms with E-state index in [2.05, 4.69) is 18.2 Å². The van der Waals surface area contributed by atoms with Crippen molar-refractivity contribution in [1.82, 2.24) is 0 Å². The number of carbonyl (C=O) groups is 1. The van der Waals surface area contributed by atoms with E-state index in [4.69, 9.17) is 0 Å². The van der Waals surface area contributed by atoms with Crippen LogP contribution in [0.2, 0.25) is 0 Å². The number of nitrogens with zero attached hydrogens (tertiary/aromatic N) is 2. The minimum atomic E-state index is -0.455. The first-order valence-corrected chi connectivity index (χ1v) is 6.72. The zero-order valence-electron chi connectivity index (χ0n) is 11.7. The SMILES string of the molecule is CN1C(=O)C(C)(C)c2cc(CC3(C#N)CC3)ccc21. The average Bonchev–Trinajstić information content (AvgIpc) is 3.14. The Morgan fingerprint density at radius 2 is 2.05 bits per heavy atom. The molecule has 0 N–H and O–H groups in total. The third-order valence-electron chi connectivity index (χ3n) is 4.57. The summed E-state index contributed by atoms with van der Waals surface area (Å²) in [5.74, 6) is 0.140. The number of fused-ring (bicyclic) bond motifs is 1. The molecule has 98 valence electrons. The van der Waals surface area contributed by atoms with Crippen LogP contribution in [0, 0.1) is 16.7 Å². The van der Waals surface area contributed by atoms with Crippen molar-refractivity contribution in [3.8, 4) is 6.07 Å².